The molecule has 0 bridgehead atoms. The average molecular weight is 321 g/mol. The van der Waals surface area contributed by atoms with Crippen LogP contribution in [0.1, 0.15) is 32.3 Å². The summed E-state index contributed by atoms with van der Waals surface area (Å²) in [6.07, 6.45) is 0.676. The Balaban J connectivity index is 2.52. The van der Waals surface area contributed by atoms with Gasteiger partial charge < -0.3 is 15.2 Å². The number of carboxylic acid groups (broad SMARTS) is 1. The highest BCUT2D eigenvalue weighted by Crippen LogP contribution is 2.11. The van der Waals surface area contributed by atoms with Crippen LogP contribution in [-0.2, 0) is 25.5 Å². The minimum Gasteiger partial charge on any atom is -0.480 e. The molecule has 23 heavy (non-hydrogen) atoms. The second-order valence-corrected chi connectivity index (χ2v) is 5.36. The summed E-state index contributed by atoms with van der Waals surface area (Å²) in [5.41, 5.74) is 1.01. The van der Waals surface area contributed by atoms with Crippen LogP contribution in [0.2, 0.25) is 0 Å². The zero-order valence-corrected chi connectivity index (χ0v) is 13.5. The van der Waals surface area contributed by atoms with E-state index in [0.717, 1.165) is 5.56 Å². The predicted molar refractivity (Wildman–Crippen MR) is 84.7 cm³/mol. The minimum atomic E-state index is -1.16. The van der Waals surface area contributed by atoms with Crippen molar-refractivity contribution in [2.24, 2.45) is 5.92 Å². The molecule has 0 saturated heterocycles. The van der Waals surface area contributed by atoms with Gasteiger partial charge in [-0.15, -0.1) is 0 Å². The number of esters is 1. The number of rotatable bonds is 9. The first-order valence-corrected chi connectivity index (χ1v) is 7.65. The van der Waals surface area contributed by atoms with Gasteiger partial charge >= 0.3 is 11.9 Å². The van der Waals surface area contributed by atoms with Crippen LogP contribution in [0.15, 0.2) is 30.3 Å². The number of carboxylic acids is 1. The normalized spacial score (nSPS) is 13.0. The van der Waals surface area contributed by atoms with E-state index in [1.807, 2.05) is 30.3 Å². The van der Waals surface area contributed by atoms with Crippen LogP contribution in [0.4, 0.5) is 0 Å². The van der Waals surface area contributed by atoms with Crippen molar-refractivity contribution < 1.29 is 24.2 Å². The van der Waals surface area contributed by atoms with Crippen molar-refractivity contribution >= 4 is 17.8 Å². The Morgan fingerprint density at radius 2 is 1.87 bits per heavy atom. The molecule has 1 amide bonds. The first kappa shape index (κ1) is 18.7. The highest BCUT2D eigenvalue weighted by molar-refractivity contribution is 5.84. The number of carbonyl (C=O) groups excluding carboxylic acids is 2. The summed E-state index contributed by atoms with van der Waals surface area (Å²) in [4.78, 5) is 34.7. The molecule has 1 aromatic rings. The zero-order valence-electron chi connectivity index (χ0n) is 13.5. The van der Waals surface area contributed by atoms with E-state index in [1.165, 1.54) is 0 Å². The smallest absolute Gasteiger partial charge is 0.326 e. The largest absolute Gasteiger partial charge is 0.480 e. The molecular formula is C17H23NO5. The van der Waals surface area contributed by atoms with Crippen LogP contribution in [0.3, 0.4) is 0 Å². The van der Waals surface area contributed by atoms with Crippen molar-refractivity contribution in [2.75, 3.05) is 6.61 Å². The monoisotopic (exact) mass is 321 g/mol. The molecule has 0 radical (unpaired) electrons. The van der Waals surface area contributed by atoms with Crippen molar-refractivity contribution in [3.05, 3.63) is 35.9 Å². The first-order valence-electron chi connectivity index (χ1n) is 7.65. The SMILES string of the molecule is CCOC(=O)C[C@@H](C)[C@H](NC(=O)CCc1ccccc1)C(=O)O. The van der Waals surface area contributed by atoms with E-state index in [4.69, 9.17) is 4.74 Å². The Morgan fingerprint density at radius 3 is 2.43 bits per heavy atom. The number of nitrogens with one attached hydrogen (secondary N) is 1. The lowest BCUT2D eigenvalue weighted by Crippen LogP contribution is -2.45. The molecule has 126 valence electrons. The van der Waals surface area contributed by atoms with Gasteiger partial charge in [0.15, 0.2) is 0 Å². The van der Waals surface area contributed by atoms with Gasteiger partial charge in [0.25, 0.3) is 0 Å². The van der Waals surface area contributed by atoms with Crippen LogP contribution in [0, 0.1) is 5.92 Å². The molecular weight excluding hydrogens is 298 g/mol. The quantitative estimate of drug-likeness (QED) is 0.676. The lowest BCUT2D eigenvalue weighted by molar-refractivity contribution is -0.147. The van der Waals surface area contributed by atoms with Gasteiger partial charge in [0.2, 0.25) is 5.91 Å². The predicted octanol–water partition coefficient (Wildman–Crippen LogP) is 1.78. The first-order chi connectivity index (χ1) is 10.9. The van der Waals surface area contributed by atoms with Crippen LogP contribution >= 0.6 is 0 Å². The summed E-state index contributed by atoms with van der Waals surface area (Å²) in [5, 5.41) is 11.7. The van der Waals surface area contributed by atoms with Crippen molar-refractivity contribution in [2.45, 2.75) is 39.2 Å². The zero-order chi connectivity index (χ0) is 17.2. The van der Waals surface area contributed by atoms with Gasteiger partial charge in [-0.25, -0.2) is 4.79 Å². The number of ether oxygens (including phenoxy) is 1. The number of amides is 1. The summed E-state index contributed by atoms with van der Waals surface area (Å²) in [6, 6.07) is 8.36. The molecule has 0 heterocycles. The van der Waals surface area contributed by atoms with E-state index in [1.54, 1.807) is 13.8 Å². The van der Waals surface area contributed by atoms with E-state index in [9.17, 15) is 19.5 Å². The molecule has 0 aromatic heterocycles. The third-order valence-electron chi connectivity index (χ3n) is 3.43. The molecule has 0 saturated carbocycles. The van der Waals surface area contributed by atoms with Gasteiger partial charge in [-0.3, -0.25) is 9.59 Å². The van der Waals surface area contributed by atoms with Crippen molar-refractivity contribution in [1.82, 2.24) is 5.32 Å². The Hall–Kier alpha value is -2.37. The second-order valence-electron chi connectivity index (χ2n) is 5.36. The number of hydrogen-bond donors (Lipinski definition) is 2. The van der Waals surface area contributed by atoms with Crippen LogP contribution in [0.5, 0.6) is 0 Å². The third-order valence-corrected chi connectivity index (χ3v) is 3.43. The molecule has 1 rings (SSSR count). The molecule has 0 fully saturated rings. The third kappa shape index (κ3) is 6.95. The number of benzene rings is 1. The van der Waals surface area contributed by atoms with Gasteiger partial charge in [-0.2, -0.15) is 0 Å². The topological polar surface area (TPSA) is 92.7 Å². The molecule has 0 spiro atoms. The van der Waals surface area contributed by atoms with Gasteiger partial charge in [-0.05, 0) is 24.8 Å². The molecule has 6 heteroatoms. The van der Waals surface area contributed by atoms with Crippen molar-refractivity contribution in [1.29, 1.82) is 0 Å². The van der Waals surface area contributed by atoms with Gasteiger partial charge in [-0.1, -0.05) is 37.3 Å². The Morgan fingerprint density at radius 1 is 1.22 bits per heavy atom. The molecule has 0 aliphatic carbocycles. The maximum Gasteiger partial charge on any atom is 0.326 e. The van der Waals surface area contributed by atoms with E-state index in [-0.39, 0.29) is 25.4 Å². The molecule has 2 atom stereocenters. The number of aliphatic carboxylic acids is 1. The molecule has 6 nitrogen and oxygen atoms in total. The lowest BCUT2D eigenvalue weighted by Gasteiger charge is -2.20. The maximum atomic E-state index is 12.0. The van der Waals surface area contributed by atoms with Crippen molar-refractivity contribution in [3.63, 3.8) is 0 Å². The molecule has 0 unspecified atom stereocenters. The van der Waals surface area contributed by atoms with Gasteiger partial charge in [0.05, 0.1) is 13.0 Å². The van der Waals surface area contributed by atoms with Crippen LogP contribution in [-0.4, -0.2) is 35.6 Å². The molecule has 0 aliphatic heterocycles. The Kier molecular flexibility index (Phi) is 7.80. The van der Waals surface area contributed by atoms with Crippen LogP contribution in [0.25, 0.3) is 0 Å². The number of hydrogen-bond acceptors (Lipinski definition) is 4. The lowest BCUT2D eigenvalue weighted by atomic mass is 9.98. The van der Waals surface area contributed by atoms with E-state index in [2.05, 4.69) is 5.32 Å². The molecule has 2 N–H and O–H groups in total. The Bertz CT molecular complexity index is 529. The van der Waals surface area contributed by atoms with Gasteiger partial charge in [0.1, 0.15) is 6.04 Å². The van der Waals surface area contributed by atoms with E-state index in [0.29, 0.717) is 6.42 Å². The molecule has 0 aliphatic rings. The summed E-state index contributed by atoms with van der Waals surface area (Å²) >= 11 is 0. The van der Waals surface area contributed by atoms with Crippen LogP contribution < -0.4 is 5.32 Å². The fourth-order valence-electron chi connectivity index (χ4n) is 2.20. The summed E-state index contributed by atoms with van der Waals surface area (Å²) in [7, 11) is 0. The number of carbonyl (C=O) groups is 3. The van der Waals surface area contributed by atoms with Crippen molar-refractivity contribution in [3.8, 4) is 0 Å². The van der Waals surface area contributed by atoms with E-state index < -0.39 is 23.9 Å². The molecule has 1 aromatic carbocycles. The van der Waals surface area contributed by atoms with E-state index >= 15 is 0 Å². The highest BCUT2D eigenvalue weighted by atomic mass is 16.5. The average Bonchev–Trinajstić information content (AvgIpc) is 2.51. The summed E-state index contributed by atoms with van der Waals surface area (Å²) in [5.74, 6) is -2.52. The highest BCUT2D eigenvalue weighted by Gasteiger charge is 2.28. The Labute approximate surface area is 135 Å². The maximum absolute atomic E-state index is 12.0. The summed E-state index contributed by atoms with van der Waals surface area (Å²) in [6.45, 7) is 3.53. The fourth-order valence-corrected chi connectivity index (χ4v) is 2.20. The minimum absolute atomic E-state index is 0.0518. The second kappa shape index (κ2) is 9.61. The summed E-state index contributed by atoms with van der Waals surface area (Å²) < 4.78 is 4.81. The van der Waals surface area contributed by atoms with Gasteiger partial charge in [0, 0.05) is 6.42 Å². The standard InChI is InChI=1S/C17H23NO5/c1-3-23-15(20)11-12(2)16(17(21)22)18-14(19)10-9-13-7-5-4-6-8-13/h4-8,12,16H,3,9-11H2,1-2H3,(H,18,19)(H,21,22)/t12-,16+/m1/s1. The fraction of sp³-hybridized carbons (Fsp3) is 0.471. The number of aryl methyl sites for hydroxylation is 1.